The highest BCUT2D eigenvalue weighted by Gasteiger charge is 2.52. The number of nitrogens with zero attached hydrogens (tertiary/aromatic N) is 15. The van der Waals surface area contributed by atoms with Crippen LogP contribution in [-0.2, 0) is 39.1 Å². The molecule has 0 aliphatic carbocycles. The molecule has 5 fully saturated rings. The van der Waals surface area contributed by atoms with E-state index in [-0.39, 0.29) is 17.9 Å². The van der Waals surface area contributed by atoms with Crippen LogP contribution in [0.5, 0.6) is 0 Å². The van der Waals surface area contributed by atoms with Gasteiger partial charge in [0.15, 0.2) is 22.6 Å². The number of ether oxygens (including phenoxy) is 4. The highest BCUT2D eigenvalue weighted by atomic mass is 79.9. The second-order valence-corrected chi connectivity index (χ2v) is 34.3. The van der Waals surface area contributed by atoms with Gasteiger partial charge < -0.3 is 78.8 Å². The van der Waals surface area contributed by atoms with Crippen molar-refractivity contribution >= 4 is 157 Å². The van der Waals surface area contributed by atoms with Crippen LogP contribution in [0, 0.1) is 36.5 Å². The van der Waals surface area contributed by atoms with Crippen LogP contribution in [0.4, 0.5) is 28.8 Å². The van der Waals surface area contributed by atoms with Gasteiger partial charge in [-0.2, -0.15) is 10.5 Å². The standard InChI is InChI=1S/C28H29N7O2.C23H28BN3O3.2C11H13BrN4O.C6H3BrClN3.C5H11NO/c1-17-5-6-20(33-27(36)19-7-8-30-24(11-19)28(3,4)15-29)12-21(17)22-13-23-25(32-16-31-23)26(34-22)35-9-10-37-14-18(35)2;1-15-8-9-17(13-18(15)24-29-22(4,5)23(6,7)30-24)27-20(28)16-10-11-26-19(12-16)21(2,3)14-25;2*1-7-5-17-3-2-16(7)11-10-8(13-6-14-10)4-9(12)15-11;7-4-1-3-5(6(8)11-4)10-2-9-3;1-5-4-7-3-2-6-5/h5-8,11-13,16,18H,9-10,14H2,1-4H3,(H,31,32)(H,33,36);8-13H,1-7H3,(H,27,28);2*4,6-7H,2-3,5H2,1H3,(H,13,14);1-2H,(H,9,10);5-6H,2-4H2,1H3/t18-;;2*7-;;5-/m1.11.1/s1. The number of anilines is 5. The van der Waals surface area contributed by atoms with Crippen LogP contribution < -0.4 is 36.1 Å². The van der Waals surface area contributed by atoms with Crippen LogP contribution in [0.2, 0.25) is 5.15 Å². The number of aromatic nitrogens is 14. The molecule has 2 aromatic carbocycles. The molecule has 5 aliphatic heterocycles. The average molecular weight is 1830 g/mol. The van der Waals surface area contributed by atoms with Gasteiger partial charge in [-0.25, -0.2) is 39.9 Å². The molecule has 0 saturated carbocycles. The maximum atomic E-state index is 13.1. The number of amides is 2. The molecule has 622 valence electrons. The van der Waals surface area contributed by atoms with Gasteiger partial charge >= 0.3 is 7.12 Å². The molecule has 2 amide bonds. The summed E-state index contributed by atoms with van der Waals surface area (Å²) in [5.74, 6) is 2.13. The molecule has 5 saturated heterocycles. The van der Waals surface area contributed by atoms with Crippen molar-refractivity contribution < 1.29 is 37.8 Å². The predicted octanol–water partition coefficient (Wildman–Crippen LogP) is 14.6. The lowest BCUT2D eigenvalue weighted by atomic mass is 9.76. The Hall–Kier alpha value is -9.95. The number of halogens is 4. The first-order valence-electron chi connectivity index (χ1n) is 39.1. The lowest BCUT2D eigenvalue weighted by Crippen LogP contribution is -2.44. The van der Waals surface area contributed by atoms with Crippen LogP contribution in [-0.4, -0.2) is 203 Å². The molecule has 119 heavy (non-hydrogen) atoms. The zero-order valence-corrected chi connectivity index (χ0v) is 74.4. The van der Waals surface area contributed by atoms with Crippen molar-refractivity contribution in [2.45, 2.75) is 143 Å². The number of carbonyl (C=O) groups is 2. The summed E-state index contributed by atoms with van der Waals surface area (Å²) < 4.78 is 36.3. The number of nitrogens with one attached hydrogen (secondary N) is 7. The molecule has 35 heteroatoms. The molecule has 0 spiro atoms. The number of morpholine rings is 4. The minimum absolute atomic E-state index is 0.180. The normalized spacial score (nSPS) is 18.3. The molecular weight excluding hydrogens is 1730 g/mol. The zero-order chi connectivity index (χ0) is 85.1. The van der Waals surface area contributed by atoms with Crippen LogP contribution in [0.1, 0.15) is 126 Å². The van der Waals surface area contributed by atoms with E-state index in [1.165, 1.54) is 0 Å². The summed E-state index contributed by atoms with van der Waals surface area (Å²) >= 11 is 15.9. The van der Waals surface area contributed by atoms with Crippen molar-refractivity contribution in [1.29, 1.82) is 10.5 Å². The smallest absolute Gasteiger partial charge is 0.399 e. The van der Waals surface area contributed by atoms with Crippen LogP contribution in [0.25, 0.3) is 55.4 Å². The van der Waals surface area contributed by atoms with Crippen molar-refractivity contribution in [3.05, 3.63) is 175 Å². The molecule has 0 unspecified atom stereocenters. The van der Waals surface area contributed by atoms with Crippen molar-refractivity contribution in [2.75, 3.05) is 104 Å². The van der Waals surface area contributed by atoms with Crippen molar-refractivity contribution in [1.82, 2.24) is 75.1 Å². The lowest BCUT2D eigenvalue weighted by Gasteiger charge is -2.34. The molecule has 15 heterocycles. The largest absolute Gasteiger partial charge is 0.495 e. The van der Waals surface area contributed by atoms with Gasteiger partial charge in [0.25, 0.3) is 11.8 Å². The third-order valence-electron chi connectivity index (χ3n) is 21.2. The summed E-state index contributed by atoms with van der Waals surface area (Å²) in [6.07, 6.45) is 9.78. The van der Waals surface area contributed by atoms with Gasteiger partial charge in [-0.05, 0) is 229 Å². The van der Waals surface area contributed by atoms with E-state index in [9.17, 15) is 20.1 Å². The quantitative estimate of drug-likeness (QED) is 0.0467. The summed E-state index contributed by atoms with van der Waals surface area (Å²) in [5.41, 5.74) is 12.6. The van der Waals surface area contributed by atoms with Crippen LogP contribution >= 0.6 is 59.4 Å². The highest BCUT2D eigenvalue weighted by molar-refractivity contribution is 9.11. The molecule has 0 bridgehead atoms. The minimum Gasteiger partial charge on any atom is -0.399 e. The minimum atomic E-state index is -0.792. The summed E-state index contributed by atoms with van der Waals surface area (Å²) in [7, 11) is -0.504. The molecule has 12 aromatic rings. The molecule has 7 N–H and O–H groups in total. The second kappa shape index (κ2) is 38.6. The topological polar surface area (TPSA) is 375 Å². The molecule has 30 nitrogen and oxygen atoms in total. The maximum absolute atomic E-state index is 13.1. The SMILES string of the molecule is C[C@@H]1COCCN1.C[C@@H]1COCCN1c1nc(Br)cc2[nH]cnc12.C[C@@H]1COCCN1c1nc(Br)cc2[nH]cnc12.Cc1ccc(NC(=O)c2ccnc(C(C)(C)C#N)c2)cc1-c1cc2[nH]cnc2c(N2CCOC[C@H]2C)n1.Cc1ccc(NC(=O)c2ccnc(C(C)(C)C#N)c2)cc1B1OC(C)(C)C(C)(C)O1.Clc1nc(Br)cc2[nH]cnc12. The predicted molar refractivity (Wildman–Crippen MR) is 474 cm³/mol. The Morgan fingerprint density at radius 1 is 0.521 bits per heavy atom. The molecule has 0 radical (unpaired) electrons. The van der Waals surface area contributed by atoms with E-state index in [1.807, 2.05) is 102 Å². The van der Waals surface area contributed by atoms with E-state index in [2.05, 4.69) is 183 Å². The summed E-state index contributed by atoms with van der Waals surface area (Å²) in [6, 6.07) is 31.6. The van der Waals surface area contributed by atoms with Gasteiger partial charge in [0.1, 0.15) is 35.9 Å². The monoisotopic (exact) mass is 1820 g/mol. The Bertz CT molecular complexity index is 5550. The summed E-state index contributed by atoms with van der Waals surface area (Å²) in [5, 5.41) is 28.3. The molecule has 4 atom stereocenters. The van der Waals surface area contributed by atoms with E-state index < -0.39 is 29.2 Å². The van der Waals surface area contributed by atoms with Gasteiger partial charge in [-0.1, -0.05) is 29.3 Å². The fourth-order valence-electron chi connectivity index (χ4n) is 13.4. The number of nitriles is 2. The second-order valence-electron chi connectivity index (χ2n) is 31.5. The first kappa shape index (κ1) is 88.3. The Balaban J connectivity index is 0.000000141. The Morgan fingerprint density at radius 2 is 0.924 bits per heavy atom. The summed E-state index contributed by atoms with van der Waals surface area (Å²) in [4.78, 5) is 88.9. The number of H-pyrrole nitrogens is 4. The van der Waals surface area contributed by atoms with Gasteiger partial charge in [0, 0.05) is 72.7 Å². The van der Waals surface area contributed by atoms with E-state index in [0.717, 1.165) is 159 Å². The van der Waals surface area contributed by atoms with Gasteiger partial charge in [-0.3, -0.25) is 19.6 Å². The number of aromatic amines is 4. The van der Waals surface area contributed by atoms with Crippen LogP contribution in [0.3, 0.4) is 0 Å². The fourth-order valence-corrected chi connectivity index (χ4v) is 15.0. The number of fused-ring (bicyclic) bond motifs is 4. The Morgan fingerprint density at radius 3 is 1.34 bits per heavy atom. The first-order valence-corrected chi connectivity index (χ1v) is 41.8. The Labute approximate surface area is 721 Å². The van der Waals surface area contributed by atoms with Crippen LogP contribution in [0.15, 0.2) is 136 Å². The van der Waals surface area contributed by atoms with Crippen molar-refractivity contribution in [2.24, 2.45) is 0 Å². The van der Waals surface area contributed by atoms with E-state index in [0.29, 0.717) is 80.5 Å². The van der Waals surface area contributed by atoms with Gasteiger partial charge in [-0.15, -0.1) is 0 Å². The number of aryl methyl sites for hydroxylation is 2. The average Bonchev–Trinajstić information content (AvgIpc) is 1.49. The van der Waals surface area contributed by atoms with E-state index in [4.69, 9.17) is 44.8 Å². The number of pyridine rings is 6. The van der Waals surface area contributed by atoms with Gasteiger partial charge in [0.2, 0.25) is 0 Å². The summed E-state index contributed by atoms with van der Waals surface area (Å²) in [6.45, 7) is 37.1. The maximum Gasteiger partial charge on any atom is 0.495 e. The molecule has 17 rings (SSSR count). The van der Waals surface area contributed by atoms with E-state index in [1.54, 1.807) is 89.7 Å². The van der Waals surface area contributed by atoms with E-state index >= 15 is 0 Å². The Kier molecular flexibility index (Phi) is 28.7. The molecule has 5 aliphatic rings. The fraction of sp³-hybridized carbons (Fsp3) is 0.405. The third kappa shape index (κ3) is 21.4. The number of rotatable bonds is 11. The van der Waals surface area contributed by atoms with Crippen molar-refractivity contribution in [3.8, 4) is 23.4 Å². The highest BCUT2D eigenvalue weighted by Crippen LogP contribution is 2.39. The third-order valence-corrected chi connectivity index (χ3v) is 22.6. The number of hydrogen-bond acceptors (Lipinski definition) is 24. The zero-order valence-electron chi connectivity index (χ0n) is 68.9. The number of hydrogen-bond donors (Lipinski definition) is 7. The van der Waals surface area contributed by atoms with Gasteiger partial charge in [0.05, 0.1) is 170 Å². The lowest BCUT2D eigenvalue weighted by molar-refractivity contribution is 0.00578. The number of imidazole rings is 4. The number of carbonyl (C=O) groups excluding carboxylic acids is 2. The first-order chi connectivity index (χ1) is 56.8. The molecular formula is C84H97BBr3ClN22O8. The number of benzene rings is 2. The molecule has 10 aromatic heterocycles. The van der Waals surface area contributed by atoms with Crippen molar-refractivity contribution in [3.63, 3.8) is 0 Å².